The summed E-state index contributed by atoms with van der Waals surface area (Å²) >= 11 is 7.83. The second kappa shape index (κ2) is 7.90. The topological polar surface area (TPSA) is 45.5 Å². The smallest absolute Gasteiger partial charge is 0.234 e. The predicted octanol–water partition coefficient (Wildman–Crippen LogP) is 3.27. The average Bonchev–Trinajstić information content (AvgIpc) is 3.04. The Kier molecular flexibility index (Phi) is 5.65. The molecule has 1 aromatic carbocycles. The lowest BCUT2D eigenvalue weighted by Gasteiger charge is -2.25. The lowest BCUT2D eigenvalue weighted by Crippen LogP contribution is -2.41. The third kappa shape index (κ3) is 4.77. The van der Waals surface area contributed by atoms with E-state index in [9.17, 15) is 4.79 Å². The second-order valence-electron chi connectivity index (χ2n) is 5.44. The minimum absolute atomic E-state index is 0.0429. The van der Waals surface area contributed by atoms with Gasteiger partial charge in [-0.05, 0) is 36.4 Å². The van der Waals surface area contributed by atoms with Gasteiger partial charge in [0.05, 0.1) is 13.1 Å². The Bertz CT molecular complexity index is 651. The molecule has 23 heavy (non-hydrogen) atoms. The van der Waals surface area contributed by atoms with Gasteiger partial charge in [0, 0.05) is 35.2 Å². The van der Waals surface area contributed by atoms with Crippen molar-refractivity contribution in [3.63, 3.8) is 0 Å². The molecule has 1 aliphatic heterocycles. The molecule has 0 atom stereocenters. The fourth-order valence-corrected chi connectivity index (χ4v) is 3.55. The fourth-order valence-electron chi connectivity index (χ4n) is 2.45. The van der Waals surface area contributed by atoms with Crippen LogP contribution in [0.2, 0.25) is 5.02 Å². The third-order valence-corrected chi connectivity index (χ3v) is 4.92. The molecule has 1 aliphatic rings. The SMILES string of the molecule is O=C(CN1CCSCC1)NCc1ccc(-c2ccc(Cl)cc2)o1. The van der Waals surface area contributed by atoms with Crippen LogP contribution in [0.15, 0.2) is 40.8 Å². The molecule has 3 rings (SSSR count). The Morgan fingerprint density at radius 1 is 1.17 bits per heavy atom. The molecule has 6 heteroatoms. The maximum absolute atomic E-state index is 12.0. The summed E-state index contributed by atoms with van der Waals surface area (Å²) in [7, 11) is 0. The van der Waals surface area contributed by atoms with E-state index in [0.717, 1.165) is 41.7 Å². The van der Waals surface area contributed by atoms with Crippen molar-refractivity contribution >= 4 is 29.3 Å². The number of carbonyl (C=O) groups excluding carboxylic acids is 1. The van der Waals surface area contributed by atoms with Crippen molar-refractivity contribution in [1.29, 1.82) is 0 Å². The summed E-state index contributed by atoms with van der Waals surface area (Å²) in [5.41, 5.74) is 0.970. The molecule has 2 heterocycles. The molecular weight excluding hydrogens is 332 g/mol. The first-order chi connectivity index (χ1) is 11.2. The van der Waals surface area contributed by atoms with E-state index in [4.69, 9.17) is 16.0 Å². The number of thioether (sulfide) groups is 1. The zero-order chi connectivity index (χ0) is 16.1. The van der Waals surface area contributed by atoms with Gasteiger partial charge in [-0.3, -0.25) is 9.69 Å². The van der Waals surface area contributed by atoms with Crippen molar-refractivity contribution in [1.82, 2.24) is 10.2 Å². The molecule has 1 aromatic heterocycles. The van der Waals surface area contributed by atoms with Gasteiger partial charge < -0.3 is 9.73 Å². The normalized spacial score (nSPS) is 15.5. The van der Waals surface area contributed by atoms with Crippen LogP contribution in [0.5, 0.6) is 0 Å². The van der Waals surface area contributed by atoms with Crippen molar-refractivity contribution in [2.45, 2.75) is 6.54 Å². The Labute approximate surface area is 145 Å². The molecular formula is C17H19ClN2O2S. The number of carbonyl (C=O) groups is 1. The average molecular weight is 351 g/mol. The lowest BCUT2D eigenvalue weighted by atomic mass is 10.2. The molecule has 0 aliphatic carbocycles. The second-order valence-corrected chi connectivity index (χ2v) is 7.10. The summed E-state index contributed by atoms with van der Waals surface area (Å²) in [6.45, 7) is 2.85. The van der Waals surface area contributed by atoms with Crippen LogP contribution in [0.3, 0.4) is 0 Å². The van der Waals surface area contributed by atoms with E-state index in [1.54, 1.807) is 0 Å². The monoisotopic (exact) mass is 350 g/mol. The number of amides is 1. The fraction of sp³-hybridized carbons (Fsp3) is 0.353. The van der Waals surface area contributed by atoms with Gasteiger partial charge in [0.25, 0.3) is 0 Å². The highest BCUT2D eigenvalue weighted by Gasteiger charge is 2.14. The molecule has 0 unspecified atom stereocenters. The van der Waals surface area contributed by atoms with Crippen LogP contribution >= 0.6 is 23.4 Å². The Balaban J connectivity index is 1.50. The first-order valence-electron chi connectivity index (χ1n) is 7.62. The van der Waals surface area contributed by atoms with Gasteiger partial charge in [-0.15, -0.1) is 0 Å². The van der Waals surface area contributed by atoms with Crippen LogP contribution in [0.4, 0.5) is 0 Å². The van der Waals surface area contributed by atoms with E-state index in [-0.39, 0.29) is 5.91 Å². The van der Waals surface area contributed by atoms with Gasteiger partial charge in [0.2, 0.25) is 5.91 Å². The van der Waals surface area contributed by atoms with Crippen LogP contribution in [-0.2, 0) is 11.3 Å². The highest BCUT2D eigenvalue weighted by molar-refractivity contribution is 7.99. The minimum Gasteiger partial charge on any atom is -0.459 e. The molecule has 1 N–H and O–H groups in total. The maximum atomic E-state index is 12.0. The minimum atomic E-state index is 0.0429. The zero-order valence-electron chi connectivity index (χ0n) is 12.8. The van der Waals surface area contributed by atoms with Gasteiger partial charge in [0.15, 0.2) is 0 Å². The summed E-state index contributed by atoms with van der Waals surface area (Å²) in [6.07, 6.45) is 0. The van der Waals surface area contributed by atoms with Crippen molar-refractivity contribution in [2.24, 2.45) is 0 Å². The van der Waals surface area contributed by atoms with Crippen molar-refractivity contribution in [3.8, 4) is 11.3 Å². The molecule has 4 nitrogen and oxygen atoms in total. The molecule has 0 spiro atoms. The molecule has 1 saturated heterocycles. The lowest BCUT2D eigenvalue weighted by molar-refractivity contribution is -0.122. The highest BCUT2D eigenvalue weighted by Crippen LogP contribution is 2.23. The summed E-state index contributed by atoms with van der Waals surface area (Å²) in [4.78, 5) is 14.2. The molecule has 1 fully saturated rings. The standard InChI is InChI=1S/C17H19ClN2O2S/c18-14-3-1-13(2-4-14)16-6-5-15(22-16)11-19-17(21)12-20-7-9-23-10-8-20/h1-6H,7-12H2,(H,19,21). The molecule has 0 saturated carbocycles. The number of nitrogens with zero attached hydrogens (tertiary/aromatic N) is 1. The summed E-state index contributed by atoms with van der Waals surface area (Å²) < 4.78 is 5.78. The number of hydrogen-bond donors (Lipinski definition) is 1. The quantitative estimate of drug-likeness (QED) is 0.899. The summed E-state index contributed by atoms with van der Waals surface area (Å²) in [5.74, 6) is 3.78. The van der Waals surface area contributed by atoms with E-state index in [1.165, 1.54) is 0 Å². The van der Waals surface area contributed by atoms with Gasteiger partial charge in [-0.25, -0.2) is 0 Å². The van der Waals surface area contributed by atoms with E-state index >= 15 is 0 Å². The molecule has 2 aromatic rings. The molecule has 1 amide bonds. The number of hydrogen-bond acceptors (Lipinski definition) is 4. The van der Waals surface area contributed by atoms with Crippen molar-refractivity contribution in [3.05, 3.63) is 47.2 Å². The van der Waals surface area contributed by atoms with E-state index < -0.39 is 0 Å². The van der Waals surface area contributed by atoms with Crippen LogP contribution in [0.25, 0.3) is 11.3 Å². The van der Waals surface area contributed by atoms with Crippen LogP contribution in [-0.4, -0.2) is 41.9 Å². The zero-order valence-corrected chi connectivity index (χ0v) is 14.3. The van der Waals surface area contributed by atoms with Crippen molar-refractivity contribution < 1.29 is 9.21 Å². The number of benzene rings is 1. The van der Waals surface area contributed by atoms with Crippen molar-refractivity contribution in [2.75, 3.05) is 31.1 Å². The van der Waals surface area contributed by atoms with Gasteiger partial charge in [0.1, 0.15) is 11.5 Å². The summed E-state index contributed by atoms with van der Waals surface area (Å²) in [6, 6.07) is 11.3. The Morgan fingerprint density at radius 2 is 1.91 bits per heavy atom. The first kappa shape index (κ1) is 16.4. The Morgan fingerprint density at radius 3 is 2.65 bits per heavy atom. The van der Waals surface area contributed by atoms with Gasteiger partial charge in [-0.2, -0.15) is 11.8 Å². The van der Waals surface area contributed by atoms with Crippen LogP contribution in [0, 0.1) is 0 Å². The number of furan rings is 1. The molecule has 0 bridgehead atoms. The molecule has 0 radical (unpaired) electrons. The highest BCUT2D eigenvalue weighted by atomic mass is 35.5. The largest absolute Gasteiger partial charge is 0.459 e. The predicted molar refractivity (Wildman–Crippen MR) is 94.8 cm³/mol. The van der Waals surface area contributed by atoms with E-state index in [0.29, 0.717) is 18.1 Å². The van der Waals surface area contributed by atoms with Crippen LogP contribution in [0.1, 0.15) is 5.76 Å². The maximum Gasteiger partial charge on any atom is 0.234 e. The summed E-state index contributed by atoms with van der Waals surface area (Å²) in [5, 5.41) is 3.62. The number of halogens is 1. The van der Waals surface area contributed by atoms with Gasteiger partial charge >= 0.3 is 0 Å². The third-order valence-electron chi connectivity index (χ3n) is 3.72. The number of rotatable bonds is 5. The number of nitrogens with one attached hydrogen (secondary N) is 1. The van der Waals surface area contributed by atoms with Gasteiger partial charge in [-0.1, -0.05) is 11.6 Å². The molecule has 122 valence electrons. The first-order valence-corrected chi connectivity index (χ1v) is 9.15. The Hall–Kier alpha value is -1.43. The van der Waals surface area contributed by atoms with E-state index in [1.807, 2.05) is 48.2 Å². The van der Waals surface area contributed by atoms with E-state index in [2.05, 4.69) is 10.2 Å². The van der Waals surface area contributed by atoms with Crippen LogP contribution < -0.4 is 5.32 Å².